The van der Waals surface area contributed by atoms with Gasteiger partial charge >= 0.3 is 12.1 Å². The van der Waals surface area contributed by atoms with Crippen LogP contribution in [0.5, 0.6) is 0 Å². The number of amides is 1. The van der Waals surface area contributed by atoms with Crippen LogP contribution in [0.15, 0.2) is 36.4 Å². The number of esters is 1. The summed E-state index contributed by atoms with van der Waals surface area (Å²) in [4.78, 5) is 42.0. The standard InChI is InChI=1S/C21H20N2O5/c1-27-20(25)14-8-5-9-15-18(14)19-16(22-15)10-23(11-17(19)24)21(26)28-12-13-6-3-2-4-7-13/h2-7,9,14,22H,8,10-12H2,1H3/t14-/m1/s1. The Kier molecular flexibility index (Phi) is 4.73. The summed E-state index contributed by atoms with van der Waals surface area (Å²) in [6, 6.07) is 9.36. The molecule has 1 aliphatic heterocycles. The van der Waals surface area contributed by atoms with E-state index in [2.05, 4.69) is 4.98 Å². The van der Waals surface area contributed by atoms with E-state index in [1.165, 1.54) is 12.0 Å². The van der Waals surface area contributed by atoms with Crippen molar-refractivity contribution in [1.29, 1.82) is 0 Å². The largest absolute Gasteiger partial charge is 0.469 e. The van der Waals surface area contributed by atoms with Gasteiger partial charge in [0.25, 0.3) is 0 Å². The van der Waals surface area contributed by atoms with Crippen LogP contribution in [-0.4, -0.2) is 41.4 Å². The monoisotopic (exact) mass is 380 g/mol. The highest BCUT2D eigenvalue weighted by molar-refractivity contribution is 6.05. The highest BCUT2D eigenvalue weighted by Gasteiger charge is 2.37. The molecule has 28 heavy (non-hydrogen) atoms. The lowest BCUT2D eigenvalue weighted by molar-refractivity contribution is -0.142. The van der Waals surface area contributed by atoms with Crippen molar-refractivity contribution in [3.63, 3.8) is 0 Å². The fraction of sp³-hybridized carbons (Fsp3) is 0.286. The fourth-order valence-corrected chi connectivity index (χ4v) is 3.76. The SMILES string of the molecule is COC(=O)[C@@H]1CC=Cc2[nH]c3c(c21)C(=O)CN(C(=O)OCc1ccccc1)C3. The van der Waals surface area contributed by atoms with E-state index in [0.29, 0.717) is 23.2 Å². The van der Waals surface area contributed by atoms with Gasteiger partial charge in [0, 0.05) is 22.5 Å². The number of Topliss-reactive ketones (excluding diaryl/α,β-unsaturated/α-hetero) is 1. The number of aromatic amines is 1. The third-order valence-corrected chi connectivity index (χ3v) is 5.06. The summed E-state index contributed by atoms with van der Waals surface area (Å²) in [6.45, 7) is 0.289. The minimum absolute atomic E-state index is 0.0808. The molecule has 1 aliphatic carbocycles. The van der Waals surface area contributed by atoms with Crippen LogP contribution in [0.3, 0.4) is 0 Å². The molecule has 7 heteroatoms. The number of methoxy groups -OCH3 is 1. The van der Waals surface area contributed by atoms with Crippen LogP contribution >= 0.6 is 0 Å². The molecule has 144 valence electrons. The topological polar surface area (TPSA) is 88.7 Å². The van der Waals surface area contributed by atoms with Crippen molar-refractivity contribution in [2.24, 2.45) is 0 Å². The van der Waals surface area contributed by atoms with E-state index < -0.39 is 12.0 Å². The van der Waals surface area contributed by atoms with E-state index in [0.717, 1.165) is 11.3 Å². The molecule has 0 bridgehead atoms. The molecule has 2 aliphatic rings. The van der Waals surface area contributed by atoms with Gasteiger partial charge in [-0.1, -0.05) is 36.4 Å². The first kappa shape index (κ1) is 18.0. The molecule has 1 atom stereocenters. The molecule has 2 aromatic rings. The van der Waals surface area contributed by atoms with Crippen molar-refractivity contribution in [1.82, 2.24) is 9.88 Å². The van der Waals surface area contributed by atoms with E-state index in [-0.39, 0.29) is 31.4 Å². The third kappa shape index (κ3) is 3.19. The molecule has 2 heterocycles. The second-order valence-corrected chi connectivity index (χ2v) is 6.84. The van der Waals surface area contributed by atoms with Gasteiger partial charge in [-0.2, -0.15) is 0 Å². The zero-order valence-electron chi connectivity index (χ0n) is 15.4. The van der Waals surface area contributed by atoms with E-state index in [9.17, 15) is 14.4 Å². The molecule has 0 radical (unpaired) electrons. The van der Waals surface area contributed by atoms with Gasteiger partial charge in [0.15, 0.2) is 5.78 Å². The van der Waals surface area contributed by atoms with Gasteiger partial charge < -0.3 is 14.5 Å². The molecule has 1 aromatic heterocycles. The number of rotatable bonds is 3. The average molecular weight is 380 g/mol. The van der Waals surface area contributed by atoms with Gasteiger partial charge in [0.05, 0.1) is 26.1 Å². The van der Waals surface area contributed by atoms with Gasteiger partial charge in [-0.15, -0.1) is 0 Å². The normalized spacial score (nSPS) is 17.7. The van der Waals surface area contributed by atoms with Crippen LogP contribution in [0, 0.1) is 0 Å². The summed E-state index contributed by atoms with van der Waals surface area (Å²) in [6.07, 6.45) is 3.68. The Morgan fingerprint density at radius 3 is 2.75 bits per heavy atom. The quantitative estimate of drug-likeness (QED) is 0.827. The van der Waals surface area contributed by atoms with Crippen LogP contribution in [0.2, 0.25) is 0 Å². The summed E-state index contributed by atoms with van der Waals surface area (Å²) >= 11 is 0. The smallest absolute Gasteiger partial charge is 0.410 e. The molecule has 0 saturated heterocycles. The molecule has 1 amide bonds. The highest BCUT2D eigenvalue weighted by Crippen LogP contribution is 2.37. The maximum atomic E-state index is 12.8. The van der Waals surface area contributed by atoms with Crippen LogP contribution < -0.4 is 0 Å². The lowest BCUT2D eigenvalue weighted by Gasteiger charge is -2.26. The Morgan fingerprint density at radius 1 is 1.21 bits per heavy atom. The first-order valence-electron chi connectivity index (χ1n) is 9.06. The van der Waals surface area contributed by atoms with Crippen molar-refractivity contribution in [3.05, 3.63) is 64.5 Å². The van der Waals surface area contributed by atoms with Gasteiger partial charge in [-0.25, -0.2) is 4.79 Å². The minimum Gasteiger partial charge on any atom is -0.469 e. The summed E-state index contributed by atoms with van der Waals surface area (Å²) in [5, 5.41) is 0. The van der Waals surface area contributed by atoms with Crippen molar-refractivity contribution in [2.75, 3.05) is 13.7 Å². The zero-order valence-corrected chi connectivity index (χ0v) is 15.4. The molecule has 0 saturated carbocycles. The van der Waals surface area contributed by atoms with Gasteiger partial charge in [0.1, 0.15) is 6.61 Å². The molecule has 1 aromatic carbocycles. The van der Waals surface area contributed by atoms with Crippen molar-refractivity contribution in [3.8, 4) is 0 Å². The van der Waals surface area contributed by atoms with E-state index >= 15 is 0 Å². The molecular formula is C21H20N2O5. The maximum absolute atomic E-state index is 12.8. The van der Waals surface area contributed by atoms with E-state index in [1.807, 2.05) is 42.5 Å². The molecule has 0 spiro atoms. The number of aromatic nitrogens is 1. The highest BCUT2D eigenvalue weighted by atomic mass is 16.6. The summed E-state index contributed by atoms with van der Waals surface area (Å²) in [5.74, 6) is -1.09. The first-order valence-corrected chi connectivity index (χ1v) is 9.06. The average Bonchev–Trinajstić information content (AvgIpc) is 3.11. The number of hydrogen-bond donors (Lipinski definition) is 1. The number of H-pyrrole nitrogens is 1. The number of fused-ring (bicyclic) bond motifs is 3. The predicted octanol–water partition coefficient (Wildman–Crippen LogP) is 3.02. The molecule has 1 N–H and O–H groups in total. The van der Waals surface area contributed by atoms with Gasteiger partial charge in [-0.05, 0) is 18.1 Å². The lowest BCUT2D eigenvalue weighted by Crippen LogP contribution is -2.40. The maximum Gasteiger partial charge on any atom is 0.410 e. The first-order chi connectivity index (χ1) is 13.6. The number of ketones is 1. The Morgan fingerprint density at radius 2 is 2.00 bits per heavy atom. The lowest BCUT2D eigenvalue weighted by atomic mass is 9.86. The summed E-state index contributed by atoms with van der Waals surface area (Å²) in [7, 11) is 1.34. The second-order valence-electron chi connectivity index (χ2n) is 6.84. The van der Waals surface area contributed by atoms with Crippen LogP contribution in [0.1, 0.15) is 45.2 Å². The molecule has 0 fully saturated rings. The van der Waals surface area contributed by atoms with Crippen molar-refractivity contribution < 1.29 is 23.9 Å². The molecular weight excluding hydrogens is 360 g/mol. The van der Waals surface area contributed by atoms with E-state index in [1.54, 1.807) is 0 Å². The Labute approximate surface area is 161 Å². The number of benzene rings is 1. The summed E-state index contributed by atoms with van der Waals surface area (Å²) in [5.41, 5.74) is 3.40. The number of allylic oxidation sites excluding steroid dienone is 1. The Hall–Kier alpha value is -3.35. The Balaban J connectivity index is 1.54. The van der Waals surface area contributed by atoms with Crippen LogP contribution in [0.25, 0.3) is 6.08 Å². The number of carbonyl (C=O) groups is 3. The number of carbonyl (C=O) groups excluding carboxylic acids is 3. The number of nitrogens with zero attached hydrogens (tertiary/aromatic N) is 1. The fourth-order valence-electron chi connectivity index (χ4n) is 3.76. The van der Waals surface area contributed by atoms with E-state index in [4.69, 9.17) is 9.47 Å². The van der Waals surface area contributed by atoms with Crippen molar-refractivity contribution in [2.45, 2.75) is 25.5 Å². The number of hydrogen-bond acceptors (Lipinski definition) is 5. The van der Waals surface area contributed by atoms with Crippen molar-refractivity contribution >= 4 is 23.9 Å². The summed E-state index contributed by atoms with van der Waals surface area (Å²) < 4.78 is 10.2. The zero-order chi connectivity index (χ0) is 19.7. The molecule has 4 rings (SSSR count). The Bertz CT molecular complexity index is 961. The van der Waals surface area contributed by atoms with Crippen LogP contribution in [0.4, 0.5) is 4.79 Å². The van der Waals surface area contributed by atoms with Crippen LogP contribution in [-0.2, 0) is 27.4 Å². The second kappa shape index (κ2) is 7.34. The molecule has 7 nitrogen and oxygen atoms in total. The minimum atomic E-state index is -0.546. The predicted molar refractivity (Wildman–Crippen MR) is 101 cm³/mol. The van der Waals surface area contributed by atoms with Gasteiger partial charge in [-0.3, -0.25) is 14.5 Å². The number of ether oxygens (including phenoxy) is 2. The molecule has 0 unspecified atom stereocenters. The third-order valence-electron chi connectivity index (χ3n) is 5.06. The number of nitrogens with one attached hydrogen (secondary N) is 1. The van der Waals surface area contributed by atoms with Gasteiger partial charge in [0.2, 0.25) is 0 Å².